The van der Waals surface area contributed by atoms with Crippen LogP contribution >= 0.6 is 0 Å². The molecule has 0 aromatic carbocycles. The van der Waals surface area contributed by atoms with Crippen LogP contribution < -0.4 is 5.32 Å². The van der Waals surface area contributed by atoms with Crippen LogP contribution in [0.5, 0.6) is 0 Å². The molecule has 0 aromatic heterocycles. The van der Waals surface area contributed by atoms with E-state index in [-0.39, 0.29) is 0 Å². The minimum Gasteiger partial charge on any atom is -0.376 e. The van der Waals surface area contributed by atoms with E-state index in [2.05, 4.69) is 32.7 Å². The van der Waals surface area contributed by atoms with Gasteiger partial charge in [-0.1, -0.05) is 32.9 Å². The largest absolute Gasteiger partial charge is 0.376 e. The highest BCUT2D eigenvalue weighted by Gasteiger charge is 1.93. The van der Waals surface area contributed by atoms with E-state index in [0.717, 1.165) is 19.6 Å². The molecule has 0 saturated carbocycles. The van der Waals surface area contributed by atoms with Crippen molar-refractivity contribution in [1.82, 2.24) is 5.32 Å². The van der Waals surface area contributed by atoms with Gasteiger partial charge in [-0.3, -0.25) is 0 Å². The van der Waals surface area contributed by atoms with Gasteiger partial charge in [0.15, 0.2) is 0 Å². The second-order valence-corrected chi connectivity index (χ2v) is 3.26. The molecule has 0 aromatic rings. The Hall–Kier alpha value is -0.340. The van der Waals surface area contributed by atoms with E-state index < -0.39 is 0 Å². The lowest BCUT2D eigenvalue weighted by molar-refractivity contribution is 0.154. The number of hydrogen-bond donors (Lipinski definition) is 1. The minimum absolute atomic E-state index is 0.544. The second kappa shape index (κ2) is 7.32. The molecule has 0 aliphatic rings. The zero-order valence-electron chi connectivity index (χ0n) is 8.52. The van der Waals surface area contributed by atoms with Gasteiger partial charge >= 0.3 is 0 Å². The predicted octanol–water partition coefficient (Wildman–Crippen LogP) is 1.97. The molecule has 0 radical (unpaired) electrons. The van der Waals surface area contributed by atoms with Gasteiger partial charge in [-0.15, -0.1) is 0 Å². The zero-order valence-corrected chi connectivity index (χ0v) is 8.52. The van der Waals surface area contributed by atoms with E-state index in [1.54, 1.807) is 0 Å². The minimum atomic E-state index is 0.544. The summed E-state index contributed by atoms with van der Waals surface area (Å²) in [5.41, 5.74) is 1.17. The van der Waals surface area contributed by atoms with Gasteiger partial charge in [-0.2, -0.15) is 0 Å². The zero-order chi connectivity index (χ0) is 9.40. The van der Waals surface area contributed by atoms with Gasteiger partial charge in [0.2, 0.25) is 0 Å². The van der Waals surface area contributed by atoms with E-state index in [0.29, 0.717) is 12.6 Å². The predicted molar refractivity (Wildman–Crippen MR) is 53.4 cm³/mol. The summed E-state index contributed by atoms with van der Waals surface area (Å²) in [6.07, 6.45) is 1.01. The lowest BCUT2D eigenvalue weighted by Gasteiger charge is -2.08. The van der Waals surface area contributed by atoms with Crippen molar-refractivity contribution in [3.8, 4) is 0 Å². The molecule has 0 fully saturated rings. The van der Waals surface area contributed by atoms with Crippen LogP contribution in [0.3, 0.4) is 0 Å². The summed E-state index contributed by atoms with van der Waals surface area (Å²) in [5, 5.41) is 3.28. The summed E-state index contributed by atoms with van der Waals surface area (Å²) in [4.78, 5) is 0. The van der Waals surface area contributed by atoms with Crippen molar-refractivity contribution in [3.05, 3.63) is 12.2 Å². The molecule has 2 heteroatoms. The number of nitrogens with one attached hydrogen (secondary N) is 1. The Morgan fingerprint density at radius 3 is 2.67 bits per heavy atom. The van der Waals surface area contributed by atoms with Crippen molar-refractivity contribution >= 4 is 0 Å². The third kappa shape index (κ3) is 7.76. The van der Waals surface area contributed by atoms with Crippen molar-refractivity contribution < 1.29 is 4.74 Å². The van der Waals surface area contributed by atoms with Gasteiger partial charge < -0.3 is 10.1 Å². The monoisotopic (exact) mass is 171 g/mol. The lowest BCUT2D eigenvalue weighted by Crippen LogP contribution is -2.26. The van der Waals surface area contributed by atoms with Crippen molar-refractivity contribution in [2.75, 3.05) is 19.8 Å². The maximum absolute atomic E-state index is 5.37. The van der Waals surface area contributed by atoms with Gasteiger partial charge in [0.25, 0.3) is 0 Å². The molecule has 2 nitrogen and oxygen atoms in total. The third-order valence-corrected chi connectivity index (χ3v) is 1.61. The normalized spacial score (nSPS) is 10.7. The summed E-state index contributed by atoms with van der Waals surface area (Å²) in [6.45, 7) is 12.6. The van der Waals surface area contributed by atoms with E-state index in [9.17, 15) is 0 Å². The van der Waals surface area contributed by atoms with Crippen molar-refractivity contribution in [2.45, 2.75) is 33.2 Å². The highest BCUT2D eigenvalue weighted by Crippen LogP contribution is 1.95. The van der Waals surface area contributed by atoms with Crippen LogP contribution in [0, 0.1) is 0 Å². The van der Waals surface area contributed by atoms with Crippen LogP contribution in [0.15, 0.2) is 12.2 Å². The molecule has 0 bridgehead atoms. The highest BCUT2D eigenvalue weighted by atomic mass is 16.5. The van der Waals surface area contributed by atoms with Crippen LogP contribution in [0.25, 0.3) is 0 Å². The van der Waals surface area contributed by atoms with E-state index in [4.69, 9.17) is 4.74 Å². The first-order valence-electron chi connectivity index (χ1n) is 4.64. The number of hydrogen-bond acceptors (Lipinski definition) is 2. The molecule has 0 rings (SSSR count). The fraction of sp³-hybridized carbons (Fsp3) is 0.800. The highest BCUT2D eigenvalue weighted by molar-refractivity contribution is 4.92. The number of rotatable bonds is 7. The summed E-state index contributed by atoms with van der Waals surface area (Å²) in [5.74, 6) is 0. The second-order valence-electron chi connectivity index (χ2n) is 3.26. The molecule has 72 valence electrons. The van der Waals surface area contributed by atoms with Crippen LogP contribution in [-0.4, -0.2) is 25.8 Å². The average molecular weight is 171 g/mol. The first-order chi connectivity index (χ1) is 5.66. The molecular weight excluding hydrogens is 150 g/mol. The van der Waals surface area contributed by atoms with E-state index in [1.807, 2.05) is 0 Å². The van der Waals surface area contributed by atoms with Crippen LogP contribution in [0.1, 0.15) is 27.2 Å². The summed E-state index contributed by atoms with van der Waals surface area (Å²) < 4.78 is 5.37. The quantitative estimate of drug-likeness (QED) is 0.467. The SMILES string of the molecule is C=C(CC)COCCNC(C)C. The Morgan fingerprint density at radius 1 is 1.50 bits per heavy atom. The maximum atomic E-state index is 5.37. The van der Waals surface area contributed by atoms with Gasteiger partial charge in [-0.25, -0.2) is 0 Å². The Bertz CT molecular complexity index is 121. The molecule has 0 saturated heterocycles. The first kappa shape index (κ1) is 11.7. The summed E-state index contributed by atoms with van der Waals surface area (Å²) in [6, 6.07) is 0.544. The molecule has 1 N–H and O–H groups in total. The third-order valence-electron chi connectivity index (χ3n) is 1.61. The Kier molecular flexibility index (Phi) is 7.11. The topological polar surface area (TPSA) is 21.3 Å². The molecule has 0 aliphatic carbocycles. The molecule has 0 unspecified atom stereocenters. The maximum Gasteiger partial charge on any atom is 0.0674 e. The van der Waals surface area contributed by atoms with Crippen LogP contribution in [0.2, 0.25) is 0 Å². The van der Waals surface area contributed by atoms with E-state index >= 15 is 0 Å². The Morgan fingerprint density at radius 2 is 2.17 bits per heavy atom. The molecule has 0 amide bonds. The Labute approximate surface area is 76.0 Å². The fourth-order valence-electron chi connectivity index (χ4n) is 0.738. The summed E-state index contributed by atoms with van der Waals surface area (Å²) in [7, 11) is 0. The van der Waals surface area contributed by atoms with Gasteiger partial charge in [0.05, 0.1) is 13.2 Å². The Balaban J connectivity index is 3.05. The van der Waals surface area contributed by atoms with Gasteiger partial charge in [-0.05, 0) is 6.42 Å². The molecule has 0 aliphatic heterocycles. The standard InChI is InChI=1S/C10H21NO/c1-5-10(4)8-12-7-6-11-9(2)3/h9,11H,4-8H2,1-3H3. The number of ether oxygens (including phenoxy) is 1. The van der Waals surface area contributed by atoms with Crippen LogP contribution in [0.4, 0.5) is 0 Å². The fourth-order valence-corrected chi connectivity index (χ4v) is 0.738. The van der Waals surface area contributed by atoms with Crippen LogP contribution in [-0.2, 0) is 4.74 Å². The van der Waals surface area contributed by atoms with Crippen molar-refractivity contribution in [3.63, 3.8) is 0 Å². The first-order valence-corrected chi connectivity index (χ1v) is 4.64. The smallest absolute Gasteiger partial charge is 0.0674 e. The summed E-state index contributed by atoms with van der Waals surface area (Å²) >= 11 is 0. The molecular formula is C10H21NO. The van der Waals surface area contributed by atoms with Crippen molar-refractivity contribution in [1.29, 1.82) is 0 Å². The molecule has 0 heterocycles. The van der Waals surface area contributed by atoms with Gasteiger partial charge in [0, 0.05) is 12.6 Å². The van der Waals surface area contributed by atoms with E-state index in [1.165, 1.54) is 5.57 Å². The molecule has 0 atom stereocenters. The molecule has 0 spiro atoms. The van der Waals surface area contributed by atoms with Crippen molar-refractivity contribution in [2.24, 2.45) is 0 Å². The average Bonchev–Trinajstić information content (AvgIpc) is 2.03. The van der Waals surface area contributed by atoms with Gasteiger partial charge in [0.1, 0.15) is 0 Å². The lowest BCUT2D eigenvalue weighted by atomic mass is 10.2. The molecule has 12 heavy (non-hydrogen) atoms.